The third-order valence-corrected chi connectivity index (χ3v) is 13.7. The molecular weight excluding hydrogens is 904 g/mol. The predicted octanol–water partition coefficient (Wildman–Crippen LogP) is 7.38. The number of ether oxygens (including phenoxy) is 4. The van der Waals surface area contributed by atoms with Crippen LogP contribution in [0.1, 0.15) is 93.8 Å². The van der Waals surface area contributed by atoms with Gasteiger partial charge in [0.1, 0.15) is 22.6 Å². The number of aromatic carboxylic acids is 2. The van der Waals surface area contributed by atoms with E-state index in [4.69, 9.17) is 34.7 Å². The zero-order valence-corrected chi connectivity index (χ0v) is 38.6. The van der Waals surface area contributed by atoms with Crippen molar-refractivity contribution in [2.24, 2.45) is 11.8 Å². The Hall–Kier alpha value is -5.53. The summed E-state index contributed by atoms with van der Waals surface area (Å²) in [6.07, 6.45) is 5.33. The lowest BCUT2D eigenvalue weighted by Gasteiger charge is -2.31. The molecule has 0 unspecified atom stereocenters. The summed E-state index contributed by atoms with van der Waals surface area (Å²) in [4.78, 5) is 45.7. The van der Waals surface area contributed by atoms with Gasteiger partial charge in [0.2, 0.25) is 10.0 Å². The van der Waals surface area contributed by atoms with Gasteiger partial charge in [0.25, 0.3) is 9.05 Å². The summed E-state index contributed by atoms with van der Waals surface area (Å²) in [5, 5.41) is 21.6. The number of carboxylic acids is 2. The van der Waals surface area contributed by atoms with Gasteiger partial charge in [0.05, 0.1) is 47.3 Å². The molecule has 2 heterocycles. The average molecular weight is 960 g/mol. The number of hydrogen-bond donors (Lipinski definition) is 3. The van der Waals surface area contributed by atoms with Crippen LogP contribution in [-0.2, 0) is 28.5 Å². The second kappa shape index (κ2) is 25.8. The van der Waals surface area contributed by atoms with Gasteiger partial charge in [-0.15, -0.1) is 0 Å². The third kappa shape index (κ3) is 16.4. The fourth-order valence-electron chi connectivity index (χ4n) is 6.94. The zero-order chi connectivity index (χ0) is 47.4. The van der Waals surface area contributed by atoms with E-state index in [0.29, 0.717) is 56.0 Å². The molecule has 2 saturated heterocycles. The Morgan fingerprint density at radius 2 is 1.05 bits per heavy atom. The Kier molecular flexibility index (Phi) is 20.7. The van der Waals surface area contributed by atoms with Gasteiger partial charge in [0.15, 0.2) is 0 Å². The van der Waals surface area contributed by atoms with E-state index < -0.39 is 31.0 Å². The number of piperidine rings is 2. The van der Waals surface area contributed by atoms with Crippen molar-refractivity contribution in [3.05, 3.63) is 119 Å². The van der Waals surface area contributed by atoms with E-state index in [-0.39, 0.29) is 70.1 Å². The molecule has 0 atom stereocenters. The Balaban J connectivity index is 0.000000236. The molecule has 0 aliphatic carbocycles. The van der Waals surface area contributed by atoms with Crippen molar-refractivity contribution in [1.82, 2.24) is 9.62 Å². The normalized spacial score (nSPS) is 14.6. The number of sulfonamides is 1. The highest BCUT2D eigenvalue weighted by Gasteiger charge is 2.31. The van der Waals surface area contributed by atoms with Crippen molar-refractivity contribution in [3.63, 3.8) is 0 Å². The number of carbonyl (C=O) groups is 4. The molecule has 0 radical (unpaired) electrons. The molecule has 4 aromatic carbocycles. The minimum atomic E-state index is -3.94. The summed E-state index contributed by atoms with van der Waals surface area (Å²) in [7, 11) is -2.65. The Bertz CT molecular complexity index is 2410. The topological polar surface area (TPSA) is 229 Å². The van der Waals surface area contributed by atoms with Gasteiger partial charge in [-0.2, -0.15) is 4.31 Å². The van der Waals surface area contributed by atoms with Crippen LogP contribution in [0.2, 0.25) is 0 Å². The van der Waals surface area contributed by atoms with E-state index in [1.807, 2.05) is 24.3 Å². The van der Waals surface area contributed by atoms with Crippen LogP contribution in [0.4, 0.5) is 0 Å². The second-order valence-corrected chi connectivity index (χ2v) is 19.4. The molecule has 2 fully saturated rings. The molecule has 0 saturated carbocycles. The van der Waals surface area contributed by atoms with Crippen molar-refractivity contribution in [2.45, 2.75) is 62.2 Å². The van der Waals surface area contributed by atoms with E-state index in [9.17, 15) is 41.1 Å². The molecule has 0 bridgehead atoms. The van der Waals surface area contributed by atoms with E-state index in [0.717, 1.165) is 31.6 Å². The van der Waals surface area contributed by atoms with E-state index in [2.05, 4.69) is 5.32 Å². The summed E-state index contributed by atoms with van der Waals surface area (Å²) in [6.45, 7) is 7.65. The maximum Gasteiger partial charge on any atom is 0.339 e. The maximum absolute atomic E-state index is 13.0. The minimum absolute atomic E-state index is 0.0615. The molecule has 2 aliphatic heterocycles. The first-order chi connectivity index (χ1) is 31.0. The summed E-state index contributed by atoms with van der Waals surface area (Å²) in [5.41, 5.74) is 0.730. The monoisotopic (exact) mass is 958 g/mol. The Morgan fingerprint density at radius 3 is 1.46 bits per heavy atom. The number of carbonyl (C=O) groups excluding carboxylic acids is 2. The molecule has 2 aliphatic rings. The highest BCUT2D eigenvalue weighted by Crippen LogP contribution is 2.29. The van der Waals surface area contributed by atoms with E-state index >= 15 is 0 Å². The van der Waals surface area contributed by atoms with Crippen LogP contribution in [0.3, 0.4) is 0 Å². The van der Waals surface area contributed by atoms with Crippen LogP contribution in [0.25, 0.3) is 0 Å². The third-order valence-electron chi connectivity index (χ3n) is 10.5. The highest BCUT2D eigenvalue weighted by atomic mass is 35.7. The van der Waals surface area contributed by atoms with Crippen molar-refractivity contribution < 1.29 is 65.2 Å². The number of nitrogens with one attached hydrogen (secondary N) is 1. The van der Waals surface area contributed by atoms with Gasteiger partial charge in [-0.3, -0.25) is 0 Å². The highest BCUT2D eigenvalue weighted by molar-refractivity contribution is 8.13. The Labute approximate surface area is 384 Å². The number of rotatable bonds is 17. The first-order valence-electron chi connectivity index (χ1n) is 21.1. The summed E-state index contributed by atoms with van der Waals surface area (Å²) in [6, 6.07) is 25.3. The molecule has 3 N–H and O–H groups in total. The zero-order valence-electron chi connectivity index (χ0n) is 36.2. The van der Waals surface area contributed by atoms with Crippen molar-refractivity contribution in [3.8, 4) is 11.5 Å². The number of hydrogen-bond acceptors (Lipinski definition) is 13. The summed E-state index contributed by atoms with van der Waals surface area (Å²) >= 11 is 0. The van der Waals surface area contributed by atoms with Crippen LogP contribution in [0.15, 0.2) is 107 Å². The van der Waals surface area contributed by atoms with E-state index in [1.165, 1.54) is 41.4 Å². The number of nitrogens with zero attached hydrogens (tertiary/aromatic N) is 1. The number of halogens is 1. The SMILES string of the molecule is CCOc1ccc(S(=O)(=O)Cl)cc1C(=O)O.CCOc1ccc(S(=O)(=O)N2CCC(CCOC(=O)c3ccccc3)CC2)cc1C(=O)O.O=C(OCCC1CCNCC1)c1ccccc1. The summed E-state index contributed by atoms with van der Waals surface area (Å²) < 4.78 is 70.4. The van der Waals surface area contributed by atoms with Crippen LogP contribution in [-0.4, -0.2) is 108 Å². The number of benzene rings is 4. The molecule has 0 spiro atoms. The van der Waals surface area contributed by atoms with Gasteiger partial charge < -0.3 is 34.5 Å². The lowest BCUT2D eigenvalue weighted by Crippen LogP contribution is -2.38. The maximum atomic E-state index is 13.0. The van der Waals surface area contributed by atoms with Gasteiger partial charge in [-0.05, 0) is 138 Å². The fourth-order valence-corrected chi connectivity index (χ4v) is 9.21. The largest absolute Gasteiger partial charge is 0.493 e. The average Bonchev–Trinajstić information content (AvgIpc) is 3.30. The predicted molar refractivity (Wildman–Crippen MR) is 242 cm³/mol. The van der Waals surface area contributed by atoms with Crippen molar-refractivity contribution in [1.29, 1.82) is 0 Å². The second-order valence-electron chi connectivity index (χ2n) is 14.9. The van der Waals surface area contributed by atoms with Crippen molar-refractivity contribution in [2.75, 3.05) is 52.6 Å². The van der Waals surface area contributed by atoms with Crippen LogP contribution in [0.5, 0.6) is 11.5 Å². The van der Waals surface area contributed by atoms with Gasteiger partial charge in [0, 0.05) is 23.8 Å². The van der Waals surface area contributed by atoms with Crippen LogP contribution >= 0.6 is 10.7 Å². The molecular formula is C46H55ClN2O14S2. The molecule has 6 rings (SSSR count). The fraction of sp³-hybridized carbons (Fsp3) is 0.391. The lowest BCUT2D eigenvalue weighted by molar-refractivity contribution is 0.0464. The van der Waals surface area contributed by atoms with Crippen LogP contribution in [0, 0.1) is 11.8 Å². The van der Waals surface area contributed by atoms with Crippen molar-refractivity contribution >= 4 is 53.6 Å². The Morgan fingerprint density at radius 1 is 0.631 bits per heavy atom. The lowest BCUT2D eigenvalue weighted by atomic mass is 9.95. The van der Waals surface area contributed by atoms with Gasteiger partial charge in [-0.25, -0.2) is 36.0 Å². The smallest absolute Gasteiger partial charge is 0.339 e. The van der Waals surface area contributed by atoms with Gasteiger partial charge >= 0.3 is 23.9 Å². The van der Waals surface area contributed by atoms with E-state index in [1.54, 1.807) is 50.2 Å². The quantitative estimate of drug-likeness (QED) is 0.0693. The summed E-state index contributed by atoms with van der Waals surface area (Å²) in [5.74, 6) is -1.88. The molecule has 4 aromatic rings. The number of carboxylic acid groups (broad SMARTS) is 2. The standard InChI is InChI=1S/C23H27NO7S.C14H19NO2.C9H9ClO5S/c1-2-30-21-9-8-19(16-20(21)22(25)26)32(28,29)24-13-10-17(11-14-24)12-15-31-23(27)18-6-4-3-5-7-18;16-14(13-4-2-1-3-5-13)17-11-8-12-6-9-15-10-7-12;1-2-15-8-4-3-6(16(10,13)14)5-7(8)9(11)12/h3-9,16-17H,2,10-15H2,1H3,(H,25,26);1-5,12,15H,6-11H2;3-5H,2H2,1H3,(H,11,12). The van der Waals surface area contributed by atoms with Crippen LogP contribution < -0.4 is 14.8 Å². The molecule has 19 heteroatoms. The molecule has 16 nitrogen and oxygen atoms in total. The minimum Gasteiger partial charge on any atom is -0.493 e. The molecule has 65 heavy (non-hydrogen) atoms. The van der Waals surface area contributed by atoms with Gasteiger partial charge in [-0.1, -0.05) is 36.4 Å². The molecule has 352 valence electrons. The molecule has 0 aromatic heterocycles. The molecule has 0 amide bonds. The first kappa shape index (κ1) is 52.1. The first-order valence-corrected chi connectivity index (χ1v) is 24.9. The number of esters is 2.